The van der Waals surface area contributed by atoms with E-state index in [1.807, 2.05) is 43.3 Å². The zero-order valence-corrected chi connectivity index (χ0v) is 18.8. The summed E-state index contributed by atoms with van der Waals surface area (Å²) in [5.74, 6) is 2.71. The lowest BCUT2D eigenvalue weighted by atomic mass is 10.1. The first-order valence-electron chi connectivity index (χ1n) is 10.7. The van der Waals surface area contributed by atoms with Crippen molar-refractivity contribution < 1.29 is 23.7 Å². The summed E-state index contributed by atoms with van der Waals surface area (Å²) in [6.07, 6.45) is 2.02. The SMILES string of the molecule is CCC(=O)c1ccc(OCc2ccccc2)cc1Oc1ccnc2cc(OC)c(OC)cc12. The second-order valence-corrected chi connectivity index (χ2v) is 7.34. The molecule has 0 amide bonds. The fourth-order valence-corrected chi connectivity index (χ4v) is 3.49. The van der Waals surface area contributed by atoms with Gasteiger partial charge in [-0.1, -0.05) is 37.3 Å². The molecule has 6 heteroatoms. The fraction of sp³-hybridized carbons (Fsp3) is 0.185. The van der Waals surface area contributed by atoms with Gasteiger partial charge >= 0.3 is 0 Å². The summed E-state index contributed by atoms with van der Waals surface area (Å²) in [5.41, 5.74) is 2.23. The third kappa shape index (κ3) is 4.90. The number of pyridine rings is 1. The van der Waals surface area contributed by atoms with Crippen LogP contribution < -0.4 is 18.9 Å². The predicted octanol–water partition coefficient (Wildman–Crippen LogP) is 6.22. The van der Waals surface area contributed by atoms with Gasteiger partial charge in [-0.2, -0.15) is 0 Å². The zero-order valence-electron chi connectivity index (χ0n) is 18.8. The normalized spacial score (nSPS) is 10.6. The Hall–Kier alpha value is -4.06. The largest absolute Gasteiger partial charge is 0.493 e. The lowest BCUT2D eigenvalue weighted by molar-refractivity contribution is 0.0986. The van der Waals surface area contributed by atoms with E-state index < -0.39 is 0 Å². The van der Waals surface area contributed by atoms with Gasteiger partial charge in [0.25, 0.3) is 0 Å². The van der Waals surface area contributed by atoms with Crippen LogP contribution in [0.1, 0.15) is 29.3 Å². The molecule has 33 heavy (non-hydrogen) atoms. The molecule has 4 rings (SSSR count). The molecular weight excluding hydrogens is 418 g/mol. The summed E-state index contributed by atoms with van der Waals surface area (Å²) < 4.78 is 23.0. The smallest absolute Gasteiger partial charge is 0.166 e. The molecule has 1 aromatic heterocycles. The summed E-state index contributed by atoms with van der Waals surface area (Å²) in [6, 6.07) is 20.5. The molecular formula is C27H25NO5. The molecule has 0 spiro atoms. The number of methoxy groups -OCH3 is 2. The maximum atomic E-state index is 12.6. The van der Waals surface area contributed by atoms with E-state index in [4.69, 9.17) is 18.9 Å². The molecule has 0 bridgehead atoms. The van der Waals surface area contributed by atoms with Crippen LogP contribution in [-0.4, -0.2) is 25.0 Å². The van der Waals surface area contributed by atoms with Crippen molar-refractivity contribution in [2.45, 2.75) is 20.0 Å². The Morgan fingerprint density at radius 2 is 1.61 bits per heavy atom. The Balaban J connectivity index is 1.71. The van der Waals surface area contributed by atoms with E-state index in [-0.39, 0.29) is 5.78 Å². The molecule has 0 N–H and O–H groups in total. The fourth-order valence-electron chi connectivity index (χ4n) is 3.49. The van der Waals surface area contributed by atoms with E-state index in [2.05, 4.69) is 4.98 Å². The molecule has 0 unspecified atom stereocenters. The van der Waals surface area contributed by atoms with E-state index in [0.717, 1.165) is 10.9 Å². The average Bonchev–Trinajstić information content (AvgIpc) is 2.87. The molecule has 1 heterocycles. The monoisotopic (exact) mass is 443 g/mol. The molecule has 0 fully saturated rings. The minimum Gasteiger partial charge on any atom is -0.493 e. The summed E-state index contributed by atoms with van der Waals surface area (Å²) in [4.78, 5) is 17.0. The second-order valence-electron chi connectivity index (χ2n) is 7.34. The van der Waals surface area contributed by atoms with Gasteiger partial charge in [-0.3, -0.25) is 9.78 Å². The molecule has 0 atom stereocenters. The Morgan fingerprint density at radius 3 is 2.33 bits per heavy atom. The van der Waals surface area contributed by atoms with E-state index in [1.165, 1.54) is 0 Å². The zero-order chi connectivity index (χ0) is 23.2. The van der Waals surface area contributed by atoms with Crippen LogP contribution in [0.25, 0.3) is 10.9 Å². The van der Waals surface area contributed by atoms with Crippen LogP contribution in [0.2, 0.25) is 0 Å². The molecule has 3 aromatic carbocycles. The van der Waals surface area contributed by atoms with Crippen molar-refractivity contribution in [3.63, 3.8) is 0 Å². The minimum atomic E-state index is -0.0165. The van der Waals surface area contributed by atoms with Crippen molar-refractivity contribution in [3.05, 3.63) is 84.1 Å². The number of rotatable bonds is 9. The number of aromatic nitrogens is 1. The van der Waals surface area contributed by atoms with Crippen LogP contribution in [0.4, 0.5) is 0 Å². The van der Waals surface area contributed by atoms with Gasteiger partial charge in [0.2, 0.25) is 0 Å². The van der Waals surface area contributed by atoms with Crippen molar-refractivity contribution in [3.8, 4) is 28.7 Å². The van der Waals surface area contributed by atoms with Gasteiger partial charge in [-0.05, 0) is 29.8 Å². The molecule has 0 aliphatic carbocycles. The van der Waals surface area contributed by atoms with E-state index >= 15 is 0 Å². The van der Waals surface area contributed by atoms with Gasteiger partial charge < -0.3 is 18.9 Å². The van der Waals surface area contributed by atoms with Crippen LogP contribution in [-0.2, 0) is 6.61 Å². The highest BCUT2D eigenvalue weighted by molar-refractivity contribution is 5.99. The van der Waals surface area contributed by atoms with Crippen molar-refractivity contribution in [1.82, 2.24) is 4.98 Å². The van der Waals surface area contributed by atoms with E-state index in [9.17, 15) is 4.79 Å². The Bertz CT molecular complexity index is 1270. The van der Waals surface area contributed by atoms with Crippen LogP contribution in [0.3, 0.4) is 0 Å². The number of ketones is 1. The van der Waals surface area contributed by atoms with Gasteiger partial charge in [-0.25, -0.2) is 0 Å². The quantitative estimate of drug-likeness (QED) is 0.286. The highest BCUT2D eigenvalue weighted by Crippen LogP contribution is 2.38. The number of carbonyl (C=O) groups is 1. The molecule has 6 nitrogen and oxygen atoms in total. The number of hydrogen-bond acceptors (Lipinski definition) is 6. The first-order chi connectivity index (χ1) is 16.1. The lowest BCUT2D eigenvalue weighted by Gasteiger charge is -2.15. The number of nitrogens with zero attached hydrogens (tertiary/aromatic N) is 1. The number of hydrogen-bond donors (Lipinski definition) is 0. The van der Waals surface area contributed by atoms with Crippen molar-refractivity contribution in [1.29, 1.82) is 0 Å². The maximum Gasteiger partial charge on any atom is 0.166 e. The molecule has 0 aliphatic heterocycles. The maximum absolute atomic E-state index is 12.6. The Morgan fingerprint density at radius 1 is 0.848 bits per heavy atom. The second kappa shape index (κ2) is 10.0. The third-order valence-corrected chi connectivity index (χ3v) is 5.25. The summed E-state index contributed by atoms with van der Waals surface area (Å²) >= 11 is 0. The van der Waals surface area contributed by atoms with Gasteiger partial charge in [-0.15, -0.1) is 0 Å². The number of ether oxygens (including phenoxy) is 4. The molecule has 0 saturated heterocycles. The first-order valence-corrected chi connectivity index (χ1v) is 10.7. The predicted molar refractivity (Wildman–Crippen MR) is 127 cm³/mol. The van der Waals surface area contributed by atoms with Crippen LogP contribution >= 0.6 is 0 Å². The number of carbonyl (C=O) groups excluding carboxylic acids is 1. The molecule has 0 saturated carbocycles. The summed E-state index contributed by atoms with van der Waals surface area (Å²) in [6.45, 7) is 2.24. The summed E-state index contributed by atoms with van der Waals surface area (Å²) in [5, 5.41) is 0.737. The topological polar surface area (TPSA) is 66.9 Å². The molecule has 0 radical (unpaired) electrons. The lowest BCUT2D eigenvalue weighted by Crippen LogP contribution is -2.02. The molecule has 4 aromatic rings. The standard InChI is InChI=1S/C27H25NO5/c1-4-23(29)20-11-10-19(32-17-18-8-6-5-7-9-18)14-25(20)33-24-12-13-28-22-16-27(31-3)26(30-2)15-21(22)24/h5-16H,4,17H2,1-3H3. The van der Waals surface area contributed by atoms with Crippen LogP contribution in [0, 0.1) is 0 Å². The molecule has 168 valence electrons. The highest BCUT2D eigenvalue weighted by Gasteiger charge is 2.16. The van der Waals surface area contributed by atoms with Crippen molar-refractivity contribution in [2.24, 2.45) is 0 Å². The highest BCUT2D eigenvalue weighted by atomic mass is 16.5. The summed E-state index contributed by atoms with van der Waals surface area (Å²) in [7, 11) is 3.15. The van der Waals surface area contributed by atoms with Gasteiger partial charge in [0.05, 0.1) is 25.3 Å². The van der Waals surface area contributed by atoms with E-state index in [1.54, 1.807) is 50.7 Å². The van der Waals surface area contributed by atoms with Gasteiger partial charge in [0.1, 0.15) is 23.9 Å². The number of fused-ring (bicyclic) bond motifs is 1. The first kappa shape index (κ1) is 22.1. The van der Waals surface area contributed by atoms with E-state index in [0.29, 0.717) is 52.9 Å². The number of Topliss-reactive ketones (excluding diaryl/α,β-unsaturated/α-hetero) is 1. The third-order valence-electron chi connectivity index (χ3n) is 5.25. The number of benzene rings is 3. The Labute approximate surface area is 192 Å². The van der Waals surface area contributed by atoms with Gasteiger partial charge in [0.15, 0.2) is 17.3 Å². The van der Waals surface area contributed by atoms with Crippen molar-refractivity contribution in [2.75, 3.05) is 14.2 Å². The van der Waals surface area contributed by atoms with Gasteiger partial charge in [0, 0.05) is 30.1 Å². The minimum absolute atomic E-state index is 0.0165. The van der Waals surface area contributed by atoms with Crippen molar-refractivity contribution >= 4 is 16.7 Å². The van der Waals surface area contributed by atoms with Crippen LogP contribution in [0.5, 0.6) is 28.7 Å². The average molecular weight is 443 g/mol. The molecule has 0 aliphatic rings. The Kier molecular flexibility index (Phi) is 6.74. The van der Waals surface area contributed by atoms with Crippen LogP contribution in [0.15, 0.2) is 72.9 Å².